The third kappa shape index (κ3) is 2.86. The molecule has 0 aliphatic carbocycles. The van der Waals surface area contributed by atoms with Gasteiger partial charge in [0.2, 0.25) is 0 Å². The summed E-state index contributed by atoms with van der Waals surface area (Å²) in [5.41, 5.74) is 9.06. The summed E-state index contributed by atoms with van der Waals surface area (Å²) in [4.78, 5) is 2.42. The zero-order valence-electron chi connectivity index (χ0n) is 13.2. The van der Waals surface area contributed by atoms with Crippen molar-refractivity contribution >= 4 is 23.0 Å². The fourth-order valence-corrected chi connectivity index (χ4v) is 3.07. The first kappa shape index (κ1) is 15.0. The van der Waals surface area contributed by atoms with Crippen molar-refractivity contribution in [1.29, 1.82) is 0 Å². The number of nitrogens with zero attached hydrogens (tertiary/aromatic N) is 1. The highest BCUT2D eigenvalue weighted by atomic mass is 35.5. The summed E-state index contributed by atoms with van der Waals surface area (Å²) in [6, 6.07) is 11.5. The molecule has 2 aromatic rings. The van der Waals surface area contributed by atoms with Gasteiger partial charge in [-0.05, 0) is 57.0 Å². The summed E-state index contributed by atoms with van der Waals surface area (Å²) >= 11 is 6.18. The molecule has 0 bridgehead atoms. The van der Waals surface area contributed by atoms with Gasteiger partial charge in [0.25, 0.3) is 0 Å². The number of hydrogen-bond acceptors (Lipinski definition) is 3. The summed E-state index contributed by atoms with van der Waals surface area (Å²) in [6.45, 7) is 7.73. The fraction of sp³-hybridized carbons (Fsp3) is 0.333. The van der Waals surface area contributed by atoms with Crippen molar-refractivity contribution in [2.24, 2.45) is 0 Å². The van der Waals surface area contributed by atoms with E-state index in [1.54, 1.807) is 18.2 Å². The van der Waals surface area contributed by atoms with Crippen molar-refractivity contribution < 1.29 is 4.74 Å². The molecule has 116 valence electrons. The standard InChI is InChI=1S/C18H21ClN2O/c1-18(2,3)21-9-8-12-4-6-14(11-16(12)21)22-17-7-5-13(20)10-15(17)19/h4-7,10-11H,8-9,20H2,1-3H3. The Morgan fingerprint density at radius 3 is 2.59 bits per heavy atom. The molecule has 0 atom stereocenters. The molecule has 4 heteroatoms. The van der Waals surface area contributed by atoms with Crippen LogP contribution < -0.4 is 15.4 Å². The molecule has 3 rings (SSSR count). The molecule has 0 fully saturated rings. The van der Waals surface area contributed by atoms with Crippen LogP contribution in [0, 0.1) is 0 Å². The average molecular weight is 317 g/mol. The van der Waals surface area contributed by atoms with Crippen molar-refractivity contribution in [3.63, 3.8) is 0 Å². The second-order valence-electron chi connectivity index (χ2n) is 6.65. The topological polar surface area (TPSA) is 38.5 Å². The van der Waals surface area contributed by atoms with Gasteiger partial charge >= 0.3 is 0 Å². The molecule has 0 unspecified atom stereocenters. The first-order valence-electron chi connectivity index (χ1n) is 7.48. The molecular weight excluding hydrogens is 296 g/mol. The number of rotatable bonds is 2. The highest BCUT2D eigenvalue weighted by Gasteiger charge is 2.28. The number of fused-ring (bicyclic) bond motifs is 1. The van der Waals surface area contributed by atoms with E-state index in [1.807, 2.05) is 6.07 Å². The Kier molecular flexibility index (Phi) is 3.69. The van der Waals surface area contributed by atoms with Crippen LogP contribution in [0.25, 0.3) is 0 Å². The molecule has 0 spiro atoms. The first-order valence-corrected chi connectivity index (χ1v) is 7.86. The van der Waals surface area contributed by atoms with E-state index in [0.29, 0.717) is 16.5 Å². The second kappa shape index (κ2) is 5.40. The molecule has 0 radical (unpaired) electrons. The first-order chi connectivity index (χ1) is 10.3. The Hall–Kier alpha value is -1.87. The lowest BCUT2D eigenvalue weighted by molar-refractivity contribution is 0.481. The number of anilines is 2. The second-order valence-corrected chi connectivity index (χ2v) is 7.06. The molecule has 0 saturated carbocycles. The van der Waals surface area contributed by atoms with Gasteiger partial charge in [0, 0.05) is 29.5 Å². The lowest BCUT2D eigenvalue weighted by Gasteiger charge is -2.34. The lowest BCUT2D eigenvalue weighted by Crippen LogP contribution is -2.40. The SMILES string of the molecule is CC(C)(C)N1CCc2ccc(Oc3ccc(N)cc3Cl)cc21. The monoisotopic (exact) mass is 316 g/mol. The third-order valence-electron chi connectivity index (χ3n) is 3.95. The predicted octanol–water partition coefficient (Wildman–Crippen LogP) is 4.88. The third-order valence-corrected chi connectivity index (χ3v) is 4.24. The summed E-state index contributed by atoms with van der Waals surface area (Å²) < 4.78 is 5.94. The molecule has 2 N–H and O–H groups in total. The van der Waals surface area contributed by atoms with Gasteiger partial charge in [-0.3, -0.25) is 0 Å². The zero-order chi connectivity index (χ0) is 15.9. The van der Waals surface area contributed by atoms with Gasteiger partial charge in [-0.1, -0.05) is 17.7 Å². The molecular formula is C18H21ClN2O. The van der Waals surface area contributed by atoms with E-state index in [2.05, 4.69) is 37.8 Å². The maximum Gasteiger partial charge on any atom is 0.146 e. The van der Waals surface area contributed by atoms with Gasteiger partial charge in [0.15, 0.2) is 0 Å². The van der Waals surface area contributed by atoms with Crippen molar-refractivity contribution in [2.75, 3.05) is 17.2 Å². The molecule has 1 heterocycles. The highest BCUT2D eigenvalue weighted by Crippen LogP contribution is 2.38. The maximum absolute atomic E-state index is 6.18. The van der Waals surface area contributed by atoms with Crippen LogP contribution in [0.3, 0.4) is 0 Å². The quantitative estimate of drug-likeness (QED) is 0.803. The van der Waals surface area contributed by atoms with E-state index in [-0.39, 0.29) is 5.54 Å². The molecule has 3 nitrogen and oxygen atoms in total. The lowest BCUT2D eigenvalue weighted by atomic mass is 10.1. The predicted molar refractivity (Wildman–Crippen MR) is 93.2 cm³/mol. The van der Waals surface area contributed by atoms with Crippen LogP contribution in [0.5, 0.6) is 11.5 Å². The maximum atomic E-state index is 6.18. The van der Waals surface area contributed by atoms with E-state index in [4.69, 9.17) is 22.1 Å². The van der Waals surface area contributed by atoms with E-state index < -0.39 is 0 Å². The summed E-state index contributed by atoms with van der Waals surface area (Å²) in [6.07, 6.45) is 1.08. The molecule has 0 saturated heterocycles. The number of benzene rings is 2. The van der Waals surface area contributed by atoms with Crippen LogP contribution in [-0.2, 0) is 6.42 Å². The Morgan fingerprint density at radius 1 is 1.14 bits per heavy atom. The van der Waals surface area contributed by atoms with Crippen LogP contribution in [0.4, 0.5) is 11.4 Å². The van der Waals surface area contributed by atoms with Crippen molar-refractivity contribution in [2.45, 2.75) is 32.7 Å². The molecule has 0 aromatic heterocycles. The minimum Gasteiger partial charge on any atom is -0.456 e. The average Bonchev–Trinajstić information content (AvgIpc) is 2.85. The van der Waals surface area contributed by atoms with Crippen LogP contribution in [0.1, 0.15) is 26.3 Å². The Balaban J connectivity index is 1.91. The van der Waals surface area contributed by atoms with Crippen LogP contribution >= 0.6 is 11.6 Å². The minimum atomic E-state index is 0.0999. The van der Waals surface area contributed by atoms with Gasteiger partial charge < -0.3 is 15.4 Å². The van der Waals surface area contributed by atoms with Crippen molar-refractivity contribution in [3.8, 4) is 11.5 Å². The largest absolute Gasteiger partial charge is 0.456 e. The van der Waals surface area contributed by atoms with E-state index in [1.165, 1.54) is 11.3 Å². The van der Waals surface area contributed by atoms with E-state index >= 15 is 0 Å². The highest BCUT2D eigenvalue weighted by molar-refractivity contribution is 6.32. The van der Waals surface area contributed by atoms with Crippen molar-refractivity contribution in [1.82, 2.24) is 0 Å². The molecule has 1 aliphatic rings. The van der Waals surface area contributed by atoms with Gasteiger partial charge in [-0.15, -0.1) is 0 Å². The van der Waals surface area contributed by atoms with Gasteiger partial charge in [0.05, 0.1) is 5.02 Å². The minimum absolute atomic E-state index is 0.0999. The Morgan fingerprint density at radius 2 is 1.91 bits per heavy atom. The number of nitrogen functional groups attached to an aromatic ring is 1. The number of halogens is 1. The zero-order valence-corrected chi connectivity index (χ0v) is 13.9. The summed E-state index contributed by atoms with van der Waals surface area (Å²) in [5, 5.41) is 0.521. The van der Waals surface area contributed by atoms with Gasteiger partial charge in [-0.25, -0.2) is 0 Å². The molecule has 1 aliphatic heterocycles. The van der Waals surface area contributed by atoms with Crippen LogP contribution in [0.15, 0.2) is 36.4 Å². The van der Waals surface area contributed by atoms with Crippen LogP contribution in [-0.4, -0.2) is 12.1 Å². The van der Waals surface area contributed by atoms with E-state index in [0.717, 1.165) is 18.7 Å². The molecule has 2 aromatic carbocycles. The van der Waals surface area contributed by atoms with Gasteiger partial charge in [0.1, 0.15) is 11.5 Å². The fourth-order valence-electron chi connectivity index (χ4n) is 2.85. The Bertz CT molecular complexity index is 707. The molecule has 22 heavy (non-hydrogen) atoms. The van der Waals surface area contributed by atoms with Crippen LogP contribution in [0.2, 0.25) is 5.02 Å². The Labute approximate surface area is 136 Å². The summed E-state index contributed by atoms with van der Waals surface area (Å²) in [7, 11) is 0. The number of nitrogens with two attached hydrogens (primary N) is 1. The van der Waals surface area contributed by atoms with Crippen molar-refractivity contribution in [3.05, 3.63) is 47.0 Å². The summed E-state index contributed by atoms with van der Waals surface area (Å²) in [5.74, 6) is 1.41. The number of ether oxygens (including phenoxy) is 1. The van der Waals surface area contributed by atoms with Gasteiger partial charge in [-0.2, -0.15) is 0 Å². The van der Waals surface area contributed by atoms with E-state index in [9.17, 15) is 0 Å². The normalized spacial score (nSPS) is 14.1. The number of hydrogen-bond donors (Lipinski definition) is 1. The molecule has 0 amide bonds. The smallest absolute Gasteiger partial charge is 0.146 e.